The Labute approximate surface area is 256 Å². The zero-order valence-electron chi connectivity index (χ0n) is 24.2. The Morgan fingerprint density at radius 2 is 1.74 bits per heavy atom. The van der Waals surface area contributed by atoms with Crippen LogP contribution in [0.3, 0.4) is 0 Å². The average Bonchev–Trinajstić information content (AvgIpc) is 3.22. The second-order valence-corrected chi connectivity index (χ2v) is 11.0. The van der Waals surface area contributed by atoms with Gasteiger partial charge in [-0.1, -0.05) is 20.8 Å². The number of alkyl halides is 3. The monoisotopic (exact) mass is 643 g/mol. The van der Waals surface area contributed by atoms with Gasteiger partial charge in [0.25, 0.3) is 5.69 Å². The number of rotatable bonds is 7. The second kappa shape index (κ2) is 11.8. The molecular formula is C30H24F3N3O10. The molecule has 2 amide bonds. The number of ether oxygens (including phenoxy) is 2. The fraction of sp³-hybridized carbons (Fsp3) is 0.300. The van der Waals surface area contributed by atoms with Crippen LogP contribution in [0.1, 0.15) is 36.7 Å². The summed E-state index contributed by atoms with van der Waals surface area (Å²) in [5.41, 5.74) is -3.51. The summed E-state index contributed by atoms with van der Waals surface area (Å²) in [5.74, 6) is -3.81. The van der Waals surface area contributed by atoms with Crippen molar-refractivity contribution in [1.29, 1.82) is 0 Å². The maximum absolute atomic E-state index is 13.4. The molecule has 3 aromatic rings. The third-order valence-electron chi connectivity index (χ3n) is 7.86. The topological polar surface area (TPSA) is 175 Å². The van der Waals surface area contributed by atoms with Crippen LogP contribution >= 0.6 is 0 Å². The van der Waals surface area contributed by atoms with Crippen LogP contribution in [0.4, 0.5) is 29.3 Å². The number of esters is 2. The number of fused-ring (bicyclic) bond motifs is 2. The summed E-state index contributed by atoms with van der Waals surface area (Å²) in [7, 11) is 0. The van der Waals surface area contributed by atoms with Crippen molar-refractivity contribution in [2.24, 2.45) is 17.8 Å². The first kappa shape index (κ1) is 31.9. The first-order valence-electron chi connectivity index (χ1n) is 13.7. The van der Waals surface area contributed by atoms with Crippen LogP contribution in [0.5, 0.6) is 0 Å². The summed E-state index contributed by atoms with van der Waals surface area (Å²) in [6.45, 7) is 4.83. The SMILES string of the molecule is CC(C)[C@H]1C(=O)N2C(C(=O)OC(=O)c3ccc([N+](=O)[O-])cc3)=C(COC(=O)Nc3ccc4c(C(F)(F)F)cc(=O)oc4c3)[C@H](C)[C@H]12. The Balaban J connectivity index is 1.36. The van der Waals surface area contributed by atoms with Crippen molar-refractivity contribution in [3.8, 4) is 0 Å². The lowest BCUT2D eigenvalue weighted by Gasteiger charge is -2.47. The van der Waals surface area contributed by atoms with Crippen molar-refractivity contribution >= 4 is 46.3 Å². The molecule has 0 aliphatic carbocycles. The molecule has 0 saturated carbocycles. The van der Waals surface area contributed by atoms with Crippen LogP contribution in [-0.2, 0) is 25.2 Å². The Kier molecular flexibility index (Phi) is 8.15. The fourth-order valence-electron chi connectivity index (χ4n) is 5.69. The molecule has 1 N–H and O–H groups in total. The van der Waals surface area contributed by atoms with Gasteiger partial charge in [-0.05, 0) is 30.2 Å². The van der Waals surface area contributed by atoms with Gasteiger partial charge in [-0.15, -0.1) is 0 Å². The molecule has 2 aliphatic rings. The standard InChI is InChI=1S/C30H24F3N3O10/c1-13(2)23-24-14(3)19(25(35(24)26(23)38)28(40)46-27(39)15-4-7-17(8-5-15)36(42)43)12-44-29(41)34-16-6-9-18-20(30(31,32)33)11-22(37)45-21(18)10-16/h4-11,13-14,23-24H,12H2,1-3H3,(H,34,41)/t14-,23+,24+/m0/s1. The Morgan fingerprint density at radius 3 is 2.35 bits per heavy atom. The van der Waals surface area contributed by atoms with Crippen molar-refractivity contribution in [1.82, 2.24) is 4.90 Å². The highest BCUT2D eigenvalue weighted by atomic mass is 19.4. The molecule has 3 heterocycles. The molecule has 0 unspecified atom stereocenters. The van der Waals surface area contributed by atoms with Crippen LogP contribution in [0.2, 0.25) is 0 Å². The number of carbonyl (C=O) groups excluding carboxylic acids is 4. The number of nitro groups is 1. The molecule has 1 fully saturated rings. The van der Waals surface area contributed by atoms with Crippen molar-refractivity contribution in [2.75, 3.05) is 11.9 Å². The number of benzene rings is 2. The van der Waals surface area contributed by atoms with E-state index < -0.39 is 81.7 Å². The number of non-ortho nitro benzene ring substituents is 1. The number of β-lactam (4-membered cyclic amide) rings is 1. The van der Waals surface area contributed by atoms with E-state index in [9.17, 15) is 47.3 Å². The number of anilines is 1. The van der Waals surface area contributed by atoms with Gasteiger partial charge < -0.3 is 18.8 Å². The number of halogens is 3. The van der Waals surface area contributed by atoms with E-state index in [1.165, 1.54) is 4.90 Å². The van der Waals surface area contributed by atoms with Crippen LogP contribution in [0.25, 0.3) is 11.0 Å². The maximum atomic E-state index is 13.4. The molecule has 2 aromatic carbocycles. The summed E-state index contributed by atoms with van der Waals surface area (Å²) < 4.78 is 55.2. The summed E-state index contributed by atoms with van der Waals surface area (Å²) >= 11 is 0. The van der Waals surface area contributed by atoms with Crippen molar-refractivity contribution in [3.63, 3.8) is 0 Å². The lowest BCUT2D eigenvalue weighted by Crippen LogP contribution is -2.62. The molecule has 5 rings (SSSR count). The number of nitrogens with one attached hydrogen (secondary N) is 1. The number of hydrogen-bond acceptors (Lipinski definition) is 10. The van der Waals surface area contributed by atoms with E-state index in [4.69, 9.17) is 13.9 Å². The van der Waals surface area contributed by atoms with Gasteiger partial charge in [0.2, 0.25) is 5.91 Å². The highest BCUT2D eigenvalue weighted by Crippen LogP contribution is 2.48. The molecule has 2 aliphatic heterocycles. The molecule has 0 radical (unpaired) electrons. The highest BCUT2D eigenvalue weighted by Gasteiger charge is 2.59. The number of amides is 2. The molecule has 1 saturated heterocycles. The van der Waals surface area contributed by atoms with E-state index in [1.54, 1.807) is 6.92 Å². The third-order valence-corrected chi connectivity index (χ3v) is 7.86. The van der Waals surface area contributed by atoms with Crippen molar-refractivity contribution < 1.29 is 51.2 Å². The van der Waals surface area contributed by atoms with Gasteiger partial charge in [0, 0.05) is 46.8 Å². The maximum Gasteiger partial charge on any atom is 0.417 e. The van der Waals surface area contributed by atoms with E-state index in [-0.39, 0.29) is 34.1 Å². The normalized spacial score (nSPS) is 19.2. The van der Waals surface area contributed by atoms with E-state index in [0.29, 0.717) is 6.07 Å². The second-order valence-electron chi connectivity index (χ2n) is 11.0. The van der Waals surface area contributed by atoms with Crippen LogP contribution in [0.15, 0.2) is 69.0 Å². The van der Waals surface area contributed by atoms with Crippen LogP contribution in [0, 0.1) is 27.9 Å². The quantitative estimate of drug-likeness (QED) is 0.0917. The van der Waals surface area contributed by atoms with Gasteiger partial charge in [0.15, 0.2) is 0 Å². The summed E-state index contributed by atoms with van der Waals surface area (Å²) in [6.07, 6.45) is -5.92. The smallest absolute Gasteiger partial charge is 0.417 e. The third kappa shape index (κ3) is 5.80. The van der Waals surface area contributed by atoms with Gasteiger partial charge in [0.05, 0.1) is 28.0 Å². The van der Waals surface area contributed by atoms with Gasteiger partial charge in [0.1, 0.15) is 17.9 Å². The molecule has 46 heavy (non-hydrogen) atoms. The molecule has 16 heteroatoms. The number of nitrogens with zero attached hydrogens (tertiary/aromatic N) is 2. The van der Waals surface area contributed by atoms with Gasteiger partial charge in [-0.2, -0.15) is 13.2 Å². The molecular weight excluding hydrogens is 619 g/mol. The predicted molar refractivity (Wildman–Crippen MR) is 151 cm³/mol. The summed E-state index contributed by atoms with van der Waals surface area (Å²) in [5, 5.41) is 12.8. The molecule has 3 atom stereocenters. The molecule has 1 aromatic heterocycles. The van der Waals surface area contributed by atoms with E-state index >= 15 is 0 Å². The number of carbonyl (C=O) groups is 4. The number of hydrogen-bond donors (Lipinski definition) is 1. The fourth-order valence-corrected chi connectivity index (χ4v) is 5.69. The minimum Gasteiger partial charge on any atom is -0.445 e. The van der Waals surface area contributed by atoms with E-state index in [1.807, 2.05) is 13.8 Å². The summed E-state index contributed by atoms with van der Waals surface area (Å²) in [6, 6.07) is 7.29. The van der Waals surface area contributed by atoms with Gasteiger partial charge in [-0.25, -0.2) is 19.2 Å². The van der Waals surface area contributed by atoms with Crippen LogP contribution < -0.4 is 10.9 Å². The minimum absolute atomic E-state index is 0.0689. The minimum atomic E-state index is -4.83. The van der Waals surface area contributed by atoms with Crippen molar-refractivity contribution in [3.05, 3.63) is 91.5 Å². The Morgan fingerprint density at radius 1 is 1.07 bits per heavy atom. The molecule has 0 spiro atoms. The Bertz CT molecular complexity index is 1880. The van der Waals surface area contributed by atoms with Crippen LogP contribution in [-0.4, -0.2) is 46.4 Å². The number of nitro benzene ring substituents is 1. The molecule has 240 valence electrons. The lowest BCUT2D eigenvalue weighted by molar-refractivity contribution is -0.384. The first-order chi connectivity index (χ1) is 21.6. The summed E-state index contributed by atoms with van der Waals surface area (Å²) in [4.78, 5) is 74.8. The first-order valence-corrected chi connectivity index (χ1v) is 13.7. The van der Waals surface area contributed by atoms with Gasteiger partial charge >= 0.3 is 29.8 Å². The van der Waals surface area contributed by atoms with E-state index in [2.05, 4.69) is 5.32 Å². The Hall–Kier alpha value is -5.54. The molecule has 0 bridgehead atoms. The van der Waals surface area contributed by atoms with Gasteiger partial charge in [-0.3, -0.25) is 20.2 Å². The van der Waals surface area contributed by atoms with E-state index in [0.717, 1.165) is 42.5 Å². The average molecular weight is 644 g/mol. The lowest BCUT2D eigenvalue weighted by atomic mass is 9.74. The largest absolute Gasteiger partial charge is 0.445 e. The van der Waals surface area contributed by atoms with Crippen molar-refractivity contribution in [2.45, 2.75) is 33.0 Å². The highest BCUT2D eigenvalue weighted by molar-refractivity contribution is 6.06. The zero-order chi connectivity index (χ0) is 33.7. The predicted octanol–water partition coefficient (Wildman–Crippen LogP) is 5.04. The zero-order valence-corrected chi connectivity index (χ0v) is 24.2. The molecule has 13 nitrogen and oxygen atoms in total.